The van der Waals surface area contributed by atoms with Gasteiger partial charge in [-0.1, -0.05) is 11.6 Å². The van der Waals surface area contributed by atoms with Crippen LogP contribution in [0.3, 0.4) is 0 Å². The zero-order chi connectivity index (χ0) is 12.6. The van der Waals surface area contributed by atoms with Crippen molar-refractivity contribution in [1.82, 2.24) is 15.3 Å². The number of nitrogens with two attached hydrogens (primary N) is 1. The average Bonchev–Trinajstić information content (AvgIpc) is 2.26. The molecule has 1 fully saturated rings. The molecule has 0 spiro atoms. The van der Waals surface area contributed by atoms with Gasteiger partial charge in [0.25, 0.3) is 0 Å². The fourth-order valence-electron chi connectivity index (χ4n) is 1.83. The van der Waals surface area contributed by atoms with Crippen LogP contribution in [-0.2, 0) is 4.79 Å². The van der Waals surface area contributed by atoms with E-state index in [1.54, 1.807) is 0 Å². The van der Waals surface area contributed by atoms with Crippen LogP contribution in [0.1, 0.15) is 13.8 Å². The SMILES string of the molecule is CC1(C)C(=O)NCCN1c1nc(N)ncc1Cl. The molecule has 0 aromatic carbocycles. The standard InChI is InChI=1S/C10H14ClN5O/c1-10(2)8(17)13-3-4-16(10)7-6(11)5-14-9(12)15-7/h5H,3-4H2,1-2H3,(H,13,17)(H2,12,14,15). The Bertz CT molecular complexity index is 462. The predicted molar refractivity (Wildman–Crippen MR) is 65.9 cm³/mol. The molecule has 7 heteroatoms. The Hall–Kier alpha value is -1.56. The molecule has 17 heavy (non-hydrogen) atoms. The summed E-state index contributed by atoms with van der Waals surface area (Å²) in [6.07, 6.45) is 1.45. The molecule has 0 saturated carbocycles. The molecule has 1 amide bonds. The van der Waals surface area contributed by atoms with Crippen LogP contribution in [0.2, 0.25) is 5.02 Å². The Balaban J connectivity index is 2.44. The minimum atomic E-state index is -0.706. The van der Waals surface area contributed by atoms with E-state index in [2.05, 4.69) is 15.3 Å². The summed E-state index contributed by atoms with van der Waals surface area (Å²) in [5.41, 5.74) is 4.84. The highest BCUT2D eigenvalue weighted by Gasteiger charge is 2.39. The molecule has 0 atom stereocenters. The van der Waals surface area contributed by atoms with E-state index in [1.165, 1.54) is 6.20 Å². The van der Waals surface area contributed by atoms with E-state index < -0.39 is 5.54 Å². The van der Waals surface area contributed by atoms with E-state index in [9.17, 15) is 4.79 Å². The Kier molecular flexibility index (Phi) is 2.82. The number of carbonyl (C=O) groups excluding carboxylic acids is 1. The molecule has 1 aromatic heterocycles. The molecule has 0 radical (unpaired) electrons. The normalized spacial score (nSPS) is 19.0. The molecule has 2 heterocycles. The second-order valence-corrected chi connectivity index (χ2v) is 4.77. The molecular formula is C10H14ClN5O. The summed E-state index contributed by atoms with van der Waals surface area (Å²) in [4.78, 5) is 21.6. The summed E-state index contributed by atoms with van der Waals surface area (Å²) in [6, 6.07) is 0. The van der Waals surface area contributed by atoms with E-state index in [4.69, 9.17) is 17.3 Å². The first-order valence-electron chi connectivity index (χ1n) is 5.27. The third kappa shape index (κ3) is 2.00. The zero-order valence-electron chi connectivity index (χ0n) is 9.70. The minimum Gasteiger partial charge on any atom is -0.368 e. The fourth-order valence-corrected chi connectivity index (χ4v) is 2.02. The number of piperazine rings is 1. The van der Waals surface area contributed by atoms with Crippen LogP contribution < -0.4 is 16.0 Å². The van der Waals surface area contributed by atoms with Crippen molar-refractivity contribution in [2.75, 3.05) is 23.7 Å². The summed E-state index contributed by atoms with van der Waals surface area (Å²) in [6.45, 7) is 4.82. The van der Waals surface area contributed by atoms with Gasteiger partial charge in [0, 0.05) is 13.1 Å². The lowest BCUT2D eigenvalue weighted by Gasteiger charge is -2.42. The molecule has 6 nitrogen and oxygen atoms in total. The van der Waals surface area contributed by atoms with Gasteiger partial charge in [0.1, 0.15) is 10.6 Å². The van der Waals surface area contributed by atoms with Gasteiger partial charge in [-0.25, -0.2) is 4.98 Å². The van der Waals surface area contributed by atoms with Gasteiger partial charge in [-0.2, -0.15) is 4.98 Å². The van der Waals surface area contributed by atoms with E-state index in [0.29, 0.717) is 23.9 Å². The number of anilines is 2. The fraction of sp³-hybridized carbons (Fsp3) is 0.500. The summed E-state index contributed by atoms with van der Waals surface area (Å²) in [7, 11) is 0. The number of nitrogens with zero attached hydrogens (tertiary/aromatic N) is 3. The zero-order valence-corrected chi connectivity index (χ0v) is 10.5. The maximum Gasteiger partial charge on any atom is 0.245 e. The van der Waals surface area contributed by atoms with E-state index in [0.717, 1.165) is 0 Å². The molecule has 3 N–H and O–H groups in total. The van der Waals surface area contributed by atoms with Crippen LogP contribution in [0.15, 0.2) is 6.20 Å². The lowest BCUT2D eigenvalue weighted by Crippen LogP contribution is -2.62. The van der Waals surface area contributed by atoms with Gasteiger partial charge < -0.3 is 16.0 Å². The van der Waals surface area contributed by atoms with Crippen molar-refractivity contribution in [1.29, 1.82) is 0 Å². The highest BCUT2D eigenvalue weighted by Crippen LogP contribution is 2.30. The molecule has 1 aliphatic rings. The number of amides is 1. The molecule has 0 aliphatic carbocycles. The summed E-state index contributed by atoms with van der Waals surface area (Å²) < 4.78 is 0. The molecule has 1 saturated heterocycles. The molecule has 1 aliphatic heterocycles. The second kappa shape index (κ2) is 4.03. The quantitative estimate of drug-likeness (QED) is 0.760. The Morgan fingerprint density at radius 3 is 3.00 bits per heavy atom. The van der Waals surface area contributed by atoms with Gasteiger partial charge in [-0.3, -0.25) is 4.79 Å². The Morgan fingerprint density at radius 2 is 2.29 bits per heavy atom. The number of hydrogen-bond acceptors (Lipinski definition) is 5. The Morgan fingerprint density at radius 1 is 1.59 bits per heavy atom. The number of nitrogen functional groups attached to an aromatic ring is 1. The van der Waals surface area contributed by atoms with E-state index >= 15 is 0 Å². The lowest BCUT2D eigenvalue weighted by atomic mass is 9.99. The van der Waals surface area contributed by atoms with Crippen molar-refractivity contribution >= 4 is 29.3 Å². The highest BCUT2D eigenvalue weighted by molar-refractivity contribution is 6.33. The smallest absolute Gasteiger partial charge is 0.245 e. The van der Waals surface area contributed by atoms with Gasteiger partial charge in [0.2, 0.25) is 11.9 Å². The first-order chi connectivity index (χ1) is 7.93. The first kappa shape index (κ1) is 11.9. The number of rotatable bonds is 1. The monoisotopic (exact) mass is 255 g/mol. The second-order valence-electron chi connectivity index (χ2n) is 4.37. The van der Waals surface area contributed by atoms with Crippen LogP contribution in [-0.4, -0.2) is 34.5 Å². The predicted octanol–water partition coefficient (Wildman–Crippen LogP) is 0.427. The molecule has 1 aromatic rings. The number of hydrogen-bond donors (Lipinski definition) is 2. The van der Waals surface area contributed by atoms with Gasteiger partial charge in [0.15, 0.2) is 5.82 Å². The van der Waals surface area contributed by atoms with Crippen LogP contribution in [0, 0.1) is 0 Å². The molecule has 2 rings (SSSR count). The number of aromatic nitrogens is 2. The van der Waals surface area contributed by atoms with Gasteiger partial charge in [-0.15, -0.1) is 0 Å². The molecular weight excluding hydrogens is 242 g/mol. The third-order valence-electron chi connectivity index (χ3n) is 2.85. The van der Waals surface area contributed by atoms with Crippen LogP contribution >= 0.6 is 11.6 Å². The van der Waals surface area contributed by atoms with Crippen molar-refractivity contribution in [2.45, 2.75) is 19.4 Å². The van der Waals surface area contributed by atoms with Crippen LogP contribution in [0.5, 0.6) is 0 Å². The maximum atomic E-state index is 11.8. The summed E-state index contributed by atoms with van der Waals surface area (Å²) >= 11 is 6.05. The summed E-state index contributed by atoms with van der Waals surface area (Å²) in [5.74, 6) is 0.585. The molecule has 92 valence electrons. The van der Waals surface area contributed by atoms with Gasteiger partial charge >= 0.3 is 0 Å². The van der Waals surface area contributed by atoms with Crippen LogP contribution in [0.25, 0.3) is 0 Å². The third-order valence-corrected chi connectivity index (χ3v) is 3.12. The average molecular weight is 256 g/mol. The largest absolute Gasteiger partial charge is 0.368 e. The highest BCUT2D eigenvalue weighted by atomic mass is 35.5. The molecule has 0 unspecified atom stereocenters. The Labute approximate surface area is 104 Å². The van der Waals surface area contributed by atoms with Gasteiger partial charge in [-0.05, 0) is 13.8 Å². The summed E-state index contributed by atoms with van der Waals surface area (Å²) in [5, 5.41) is 3.20. The van der Waals surface area contributed by atoms with Crippen molar-refractivity contribution in [3.05, 3.63) is 11.2 Å². The minimum absolute atomic E-state index is 0.0583. The number of nitrogens with one attached hydrogen (secondary N) is 1. The van der Waals surface area contributed by atoms with Crippen molar-refractivity contribution < 1.29 is 4.79 Å². The van der Waals surface area contributed by atoms with E-state index in [-0.39, 0.29) is 11.9 Å². The van der Waals surface area contributed by atoms with Crippen molar-refractivity contribution in [3.63, 3.8) is 0 Å². The first-order valence-corrected chi connectivity index (χ1v) is 5.64. The van der Waals surface area contributed by atoms with Crippen molar-refractivity contribution in [3.8, 4) is 0 Å². The number of carbonyl (C=O) groups is 1. The number of halogens is 1. The topological polar surface area (TPSA) is 84.1 Å². The van der Waals surface area contributed by atoms with E-state index in [1.807, 2.05) is 18.7 Å². The van der Waals surface area contributed by atoms with Gasteiger partial charge in [0.05, 0.1) is 6.20 Å². The molecule has 0 bridgehead atoms. The van der Waals surface area contributed by atoms with Crippen molar-refractivity contribution in [2.24, 2.45) is 0 Å². The lowest BCUT2D eigenvalue weighted by molar-refractivity contribution is -0.126. The van der Waals surface area contributed by atoms with Crippen LogP contribution in [0.4, 0.5) is 11.8 Å². The maximum absolute atomic E-state index is 11.8.